The number of amides is 2. The quantitative estimate of drug-likeness (QED) is 0.794. The summed E-state index contributed by atoms with van der Waals surface area (Å²) in [5, 5.41) is 3.16. The first kappa shape index (κ1) is 20.6. The Morgan fingerprint density at radius 2 is 1.87 bits per heavy atom. The largest absolute Gasteiger partial charge is 0.353 e. The van der Waals surface area contributed by atoms with Gasteiger partial charge in [-0.05, 0) is 63.1 Å². The number of likely N-dealkylation sites (tertiary alicyclic amines) is 1. The Morgan fingerprint density at radius 1 is 1.13 bits per heavy atom. The van der Waals surface area contributed by atoms with E-state index < -0.39 is 5.41 Å². The summed E-state index contributed by atoms with van der Waals surface area (Å²) >= 11 is 0. The van der Waals surface area contributed by atoms with Crippen molar-refractivity contribution in [2.75, 3.05) is 13.1 Å². The minimum absolute atomic E-state index is 0.0917. The van der Waals surface area contributed by atoms with E-state index in [9.17, 15) is 9.59 Å². The second-order valence-electron chi connectivity index (χ2n) is 9.08. The molecule has 1 N–H and O–H groups in total. The van der Waals surface area contributed by atoms with Crippen molar-refractivity contribution in [1.29, 1.82) is 0 Å². The Labute approximate surface area is 178 Å². The van der Waals surface area contributed by atoms with Gasteiger partial charge in [0.2, 0.25) is 11.8 Å². The number of pyridine rings is 1. The highest BCUT2D eigenvalue weighted by molar-refractivity contribution is 5.85. The van der Waals surface area contributed by atoms with Crippen molar-refractivity contribution < 1.29 is 9.59 Å². The predicted molar refractivity (Wildman–Crippen MR) is 118 cm³/mol. The number of hydrogen-bond donors (Lipinski definition) is 1. The summed E-state index contributed by atoms with van der Waals surface area (Å²) < 4.78 is 0. The molecule has 158 valence electrons. The first-order valence-corrected chi connectivity index (χ1v) is 11.1. The van der Waals surface area contributed by atoms with E-state index in [0.29, 0.717) is 32.4 Å². The Hall–Kier alpha value is -2.69. The molecule has 1 saturated carbocycles. The molecule has 2 aliphatic rings. The van der Waals surface area contributed by atoms with E-state index in [1.54, 1.807) is 6.20 Å². The number of nitrogens with one attached hydrogen (secondary N) is 1. The fourth-order valence-corrected chi connectivity index (χ4v) is 4.49. The molecule has 2 aromatic rings. The van der Waals surface area contributed by atoms with Crippen LogP contribution in [0.2, 0.25) is 0 Å². The lowest BCUT2D eigenvalue weighted by Crippen LogP contribution is -2.52. The van der Waals surface area contributed by atoms with Gasteiger partial charge in [0.1, 0.15) is 0 Å². The summed E-state index contributed by atoms with van der Waals surface area (Å²) in [6.07, 6.45) is 7.76. The van der Waals surface area contributed by atoms with Crippen LogP contribution in [-0.4, -0.2) is 40.8 Å². The molecule has 0 spiro atoms. The van der Waals surface area contributed by atoms with Crippen molar-refractivity contribution in [3.05, 3.63) is 54.4 Å². The maximum Gasteiger partial charge on any atom is 0.226 e. The van der Waals surface area contributed by atoms with E-state index in [0.717, 1.165) is 29.5 Å². The van der Waals surface area contributed by atoms with E-state index in [1.807, 2.05) is 43.1 Å². The number of aromatic nitrogens is 1. The fourth-order valence-electron chi connectivity index (χ4n) is 4.49. The smallest absolute Gasteiger partial charge is 0.226 e. The van der Waals surface area contributed by atoms with Crippen molar-refractivity contribution in [1.82, 2.24) is 15.2 Å². The van der Waals surface area contributed by atoms with Gasteiger partial charge in [-0.1, -0.05) is 30.3 Å². The van der Waals surface area contributed by atoms with E-state index in [4.69, 9.17) is 0 Å². The molecule has 4 rings (SSSR count). The molecular formula is C25H31N3O2. The molecule has 2 heterocycles. The third-order valence-electron chi connectivity index (χ3n) is 6.38. The minimum Gasteiger partial charge on any atom is -0.353 e. The molecule has 0 atom stereocenters. The van der Waals surface area contributed by atoms with E-state index in [-0.39, 0.29) is 23.8 Å². The number of carbonyl (C=O) groups excluding carboxylic acids is 2. The molecular weight excluding hydrogens is 374 g/mol. The molecule has 5 nitrogen and oxygen atoms in total. The number of piperidine rings is 1. The zero-order valence-corrected chi connectivity index (χ0v) is 17.9. The molecule has 1 aliphatic carbocycles. The third-order valence-corrected chi connectivity index (χ3v) is 6.38. The van der Waals surface area contributed by atoms with Crippen LogP contribution in [-0.2, 0) is 16.0 Å². The van der Waals surface area contributed by atoms with Crippen molar-refractivity contribution in [2.45, 2.75) is 52.0 Å². The Balaban J connectivity index is 1.60. The van der Waals surface area contributed by atoms with Crippen LogP contribution in [0.1, 0.15) is 45.1 Å². The summed E-state index contributed by atoms with van der Waals surface area (Å²) in [5.74, 6) is 0.619. The second kappa shape index (κ2) is 8.58. The van der Waals surface area contributed by atoms with Gasteiger partial charge < -0.3 is 10.2 Å². The van der Waals surface area contributed by atoms with Gasteiger partial charge in [0.15, 0.2) is 0 Å². The molecule has 5 heteroatoms. The van der Waals surface area contributed by atoms with Crippen LogP contribution in [0.15, 0.2) is 48.8 Å². The monoisotopic (exact) mass is 405 g/mol. The molecule has 1 aromatic carbocycles. The number of benzene rings is 1. The van der Waals surface area contributed by atoms with Crippen LogP contribution in [0, 0.1) is 11.3 Å². The van der Waals surface area contributed by atoms with Crippen molar-refractivity contribution in [2.24, 2.45) is 11.3 Å². The maximum absolute atomic E-state index is 13.4. The predicted octanol–water partition coefficient (Wildman–Crippen LogP) is 3.83. The standard InChI is InChI=1S/C25H31N3O2/c1-18(2)27-24(30)25(11-14-28(15-12-25)23(29)19-9-10-19)16-20-6-3-4-8-22(20)21-7-5-13-26-17-21/h3-8,13,17-19H,9-12,14-16H2,1-2H3,(H,27,30). The molecule has 30 heavy (non-hydrogen) atoms. The average molecular weight is 406 g/mol. The van der Waals surface area contributed by atoms with Crippen molar-refractivity contribution >= 4 is 11.8 Å². The van der Waals surface area contributed by atoms with Gasteiger partial charge in [-0.15, -0.1) is 0 Å². The normalized spacial score (nSPS) is 18.3. The lowest BCUT2D eigenvalue weighted by molar-refractivity contribution is -0.141. The summed E-state index contributed by atoms with van der Waals surface area (Å²) in [6.45, 7) is 5.33. The summed E-state index contributed by atoms with van der Waals surface area (Å²) in [4.78, 5) is 32.2. The van der Waals surface area contributed by atoms with Gasteiger partial charge in [0, 0.05) is 43.0 Å². The van der Waals surface area contributed by atoms with Gasteiger partial charge in [-0.2, -0.15) is 0 Å². The van der Waals surface area contributed by atoms with Gasteiger partial charge in [0.25, 0.3) is 0 Å². The van der Waals surface area contributed by atoms with Crippen molar-refractivity contribution in [3.63, 3.8) is 0 Å². The Kier molecular flexibility index (Phi) is 5.89. The number of nitrogens with zero attached hydrogens (tertiary/aromatic N) is 2. The highest BCUT2D eigenvalue weighted by Crippen LogP contribution is 2.40. The van der Waals surface area contributed by atoms with Gasteiger partial charge in [-0.3, -0.25) is 14.6 Å². The molecule has 0 bridgehead atoms. The zero-order chi connectivity index (χ0) is 21.1. The maximum atomic E-state index is 13.4. The summed E-state index contributed by atoms with van der Waals surface area (Å²) in [7, 11) is 0. The topological polar surface area (TPSA) is 62.3 Å². The molecule has 2 fully saturated rings. The molecule has 0 unspecified atom stereocenters. The summed E-state index contributed by atoms with van der Waals surface area (Å²) in [6, 6.07) is 12.4. The minimum atomic E-state index is -0.497. The van der Waals surface area contributed by atoms with Gasteiger partial charge in [0.05, 0.1) is 5.41 Å². The number of carbonyl (C=O) groups is 2. The Morgan fingerprint density at radius 3 is 2.50 bits per heavy atom. The van der Waals surface area contributed by atoms with Crippen LogP contribution < -0.4 is 5.32 Å². The van der Waals surface area contributed by atoms with Crippen LogP contribution in [0.4, 0.5) is 0 Å². The van der Waals surface area contributed by atoms with Crippen LogP contribution in [0.5, 0.6) is 0 Å². The van der Waals surface area contributed by atoms with Crippen LogP contribution >= 0.6 is 0 Å². The molecule has 2 amide bonds. The lowest BCUT2D eigenvalue weighted by Gasteiger charge is -2.41. The van der Waals surface area contributed by atoms with Gasteiger partial charge in [-0.25, -0.2) is 0 Å². The SMILES string of the molecule is CC(C)NC(=O)C1(Cc2ccccc2-c2cccnc2)CCN(C(=O)C2CC2)CC1. The lowest BCUT2D eigenvalue weighted by atomic mass is 9.71. The second-order valence-corrected chi connectivity index (χ2v) is 9.08. The van der Waals surface area contributed by atoms with E-state index in [1.165, 1.54) is 0 Å². The first-order valence-electron chi connectivity index (χ1n) is 11.1. The average Bonchev–Trinajstić information content (AvgIpc) is 3.60. The third kappa shape index (κ3) is 4.40. The number of hydrogen-bond acceptors (Lipinski definition) is 3. The first-order chi connectivity index (χ1) is 14.5. The summed E-state index contributed by atoms with van der Waals surface area (Å²) in [5.41, 5.74) is 2.85. The van der Waals surface area contributed by atoms with Gasteiger partial charge >= 0.3 is 0 Å². The van der Waals surface area contributed by atoms with Crippen molar-refractivity contribution in [3.8, 4) is 11.1 Å². The number of rotatable bonds is 6. The van der Waals surface area contributed by atoms with E-state index >= 15 is 0 Å². The molecule has 0 radical (unpaired) electrons. The fraction of sp³-hybridized carbons (Fsp3) is 0.480. The molecule has 1 saturated heterocycles. The van der Waals surface area contributed by atoms with Crippen LogP contribution in [0.3, 0.4) is 0 Å². The molecule has 1 aliphatic heterocycles. The Bertz CT molecular complexity index is 898. The van der Waals surface area contributed by atoms with E-state index in [2.05, 4.69) is 28.5 Å². The highest BCUT2D eigenvalue weighted by atomic mass is 16.2. The zero-order valence-electron chi connectivity index (χ0n) is 17.9. The highest BCUT2D eigenvalue weighted by Gasteiger charge is 2.44. The molecule has 1 aromatic heterocycles. The van der Waals surface area contributed by atoms with Crippen LogP contribution in [0.25, 0.3) is 11.1 Å².